The molecule has 102 valence electrons. The van der Waals surface area contributed by atoms with Crippen molar-refractivity contribution < 1.29 is 14.3 Å². The molecule has 0 spiro atoms. The van der Waals surface area contributed by atoms with Crippen molar-refractivity contribution in [1.29, 1.82) is 5.26 Å². The van der Waals surface area contributed by atoms with Crippen LogP contribution in [-0.4, -0.2) is 17.3 Å². The Labute approximate surface area is 116 Å². The van der Waals surface area contributed by atoms with Gasteiger partial charge in [-0.15, -0.1) is 0 Å². The molecule has 4 rings (SSSR count). The Morgan fingerprint density at radius 2 is 2.20 bits per heavy atom. The maximum Gasteiger partial charge on any atom is 0.135 e. The standard InChI is InChI=1S/C16H15NO3/c17-9-16(8-11-5-6-14(16)19-11)15(18)13-7-10-3-1-2-4-12(10)20-13/h1-4,7,11,14-15,18H,5-6,8H2. The van der Waals surface area contributed by atoms with Crippen molar-refractivity contribution in [2.45, 2.75) is 37.6 Å². The van der Waals surface area contributed by atoms with E-state index in [9.17, 15) is 10.4 Å². The number of ether oxygens (including phenoxy) is 1. The van der Waals surface area contributed by atoms with Gasteiger partial charge in [-0.25, -0.2) is 0 Å². The molecule has 20 heavy (non-hydrogen) atoms. The highest BCUT2D eigenvalue weighted by Gasteiger charge is 2.58. The molecule has 3 heterocycles. The first kappa shape index (κ1) is 12.0. The Morgan fingerprint density at radius 1 is 1.35 bits per heavy atom. The van der Waals surface area contributed by atoms with Gasteiger partial charge in [0.1, 0.15) is 22.9 Å². The number of nitriles is 1. The molecular formula is C16H15NO3. The SMILES string of the molecule is N#CC1(C(O)c2cc3ccccc3o2)CC2CCC1O2. The number of nitrogens with zero attached hydrogens (tertiary/aromatic N) is 1. The lowest BCUT2D eigenvalue weighted by atomic mass is 9.70. The molecule has 2 saturated heterocycles. The fraction of sp³-hybridized carbons (Fsp3) is 0.438. The molecule has 4 nitrogen and oxygen atoms in total. The van der Waals surface area contributed by atoms with E-state index >= 15 is 0 Å². The van der Waals surface area contributed by atoms with Gasteiger partial charge in [-0.2, -0.15) is 5.26 Å². The van der Waals surface area contributed by atoms with Crippen LogP contribution in [0.3, 0.4) is 0 Å². The zero-order valence-electron chi connectivity index (χ0n) is 11.0. The second-order valence-electron chi connectivity index (χ2n) is 5.77. The lowest BCUT2D eigenvalue weighted by Gasteiger charge is -2.31. The first-order chi connectivity index (χ1) is 9.73. The maximum absolute atomic E-state index is 10.7. The van der Waals surface area contributed by atoms with Crippen LogP contribution in [0.1, 0.15) is 31.1 Å². The van der Waals surface area contributed by atoms with Gasteiger partial charge < -0.3 is 14.3 Å². The Hall–Kier alpha value is -1.83. The monoisotopic (exact) mass is 269 g/mol. The van der Waals surface area contributed by atoms with Crippen molar-refractivity contribution in [2.75, 3.05) is 0 Å². The van der Waals surface area contributed by atoms with E-state index in [1.165, 1.54) is 0 Å². The van der Waals surface area contributed by atoms with E-state index in [0.29, 0.717) is 12.2 Å². The lowest BCUT2D eigenvalue weighted by molar-refractivity contribution is -0.00681. The quantitative estimate of drug-likeness (QED) is 0.910. The molecule has 2 bridgehead atoms. The average molecular weight is 269 g/mol. The van der Waals surface area contributed by atoms with Crippen LogP contribution < -0.4 is 0 Å². The molecule has 2 aromatic rings. The van der Waals surface area contributed by atoms with E-state index in [1.54, 1.807) is 0 Å². The molecule has 4 atom stereocenters. The van der Waals surface area contributed by atoms with Gasteiger partial charge in [-0.3, -0.25) is 0 Å². The Bertz CT molecular complexity index is 668. The number of hydrogen-bond acceptors (Lipinski definition) is 4. The minimum absolute atomic E-state index is 0.110. The number of para-hydroxylation sites is 1. The third kappa shape index (κ3) is 1.48. The zero-order chi connectivity index (χ0) is 13.7. The number of rotatable bonds is 2. The van der Waals surface area contributed by atoms with Gasteiger partial charge in [0, 0.05) is 5.39 Å². The van der Waals surface area contributed by atoms with E-state index < -0.39 is 11.5 Å². The molecule has 0 amide bonds. The van der Waals surface area contributed by atoms with Gasteiger partial charge >= 0.3 is 0 Å². The molecule has 2 aliphatic rings. The molecular weight excluding hydrogens is 254 g/mol. The van der Waals surface area contributed by atoms with Crippen LogP contribution in [0.2, 0.25) is 0 Å². The van der Waals surface area contributed by atoms with E-state index in [-0.39, 0.29) is 12.2 Å². The Morgan fingerprint density at radius 3 is 2.85 bits per heavy atom. The van der Waals surface area contributed by atoms with Crippen LogP contribution in [0.25, 0.3) is 11.0 Å². The molecule has 0 aliphatic carbocycles. The molecule has 2 fully saturated rings. The van der Waals surface area contributed by atoms with Crippen LogP contribution in [0.5, 0.6) is 0 Å². The summed E-state index contributed by atoms with van der Waals surface area (Å²) in [6.07, 6.45) is 1.41. The number of benzene rings is 1. The summed E-state index contributed by atoms with van der Waals surface area (Å²) in [5, 5.41) is 21.3. The summed E-state index contributed by atoms with van der Waals surface area (Å²) in [6.45, 7) is 0. The summed E-state index contributed by atoms with van der Waals surface area (Å²) in [5.41, 5.74) is -0.129. The first-order valence-electron chi connectivity index (χ1n) is 6.96. The lowest BCUT2D eigenvalue weighted by Crippen LogP contribution is -2.37. The number of aliphatic hydroxyl groups is 1. The molecule has 2 aliphatic heterocycles. The Balaban J connectivity index is 1.76. The van der Waals surface area contributed by atoms with E-state index in [0.717, 1.165) is 23.8 Å². The van der Waals surface area contributed by atoms with Crippen molar-refractivity contribution in [2.24, 2.45) is 5.41 Å². The van der Waals surface area contributed by atoms with Crippen molar-refractivity contribution in [3.05, 3.63) is 36.1 Å². The fourth-order valence-corrected chi connectivity index (χ4v) is 3.60. The normalized spacial score (nSPS) is 33.4. The van der Waals surface area contributed by atoms with Crippen LogP contribution in [-0.2, 0) is 4.74 Å². The number of hydrogen-bond donors (Lipinski definition) is 1. The highest BCUT2D eigenvalue weighted by Crippen LogP contribution is 2.54. The average Bonchev–Trinajstić information content (AvgIpc) is 3.19. The number of aliphatic hydroxyl groups excluding tert-OH is 1. The molecule has 1 aromatic heterocycles. The summed E-state index contributed by atoms with van der Waals surface area (Å²) < 4.78 is 11.5. The van der Waals surface area contributed by atoms with Crippen LogP contribution in [0, 0.1) is 16.7 Å². The molecule has 4 heteroatoms. The molecule has 0 saturated carbocycles. The van der Waals surface area contributed by atoms with Gasteiger partial charge in [0.2, 0.25) is 0 Å². The summed E-state index contributed by atoms with van der Waals surface area (Å²) in [5.74, 6) is 0.462. The van der Waals surface area contributed by atoms with Crippen LogP contribution in [0.4, 0.5) is 0 Å². The summed E-state index contributed by atoms with van der Waals surface area (Å²) >= 11 is 0. The van der Waals surface area contributed by atoms with Crippen molar-refractivity contribution >= 4 is 11.0 Å². The van der Waals surface area contributed by atoms with E-state index in [1.807, 2.05) is 30.3 Å². The number of fused-ring (bicyclic) bond motifs is 3. The smallest absolute Gasteiger partial charge is 0.135 e. The Kier molecular flexibility index (Phi) is 2.44. The van der Waals surface area contributed by atoms with Gasteiger partial charge in [0.25, 0.3) is 0 Å². The summed E-state index contributed by atoms with van der Waals surface area (Å²) in [7, 11) is 0. The van der Waals surface area contributed by atoms with Crippen molar-refractivity contribution in [1.82, 2.24) is 0 Å². The van der Waals surface area contributed by atoms with Gasteiger partial charge in [-0.05, 0) is 31.4 Å². The van der Waals surface area contributed by atoms with Crippen molar-refractivity contribution in [3.8, 4) is 6.07 Å². The highest BCUT2D eigenvalue weighted by molar-refractivity contribution is 5.77. The number of furan rings is 1. The van der Waals surface area contributed by atoms with E-state index in [4.69, 9.17) is 9.15 Å². The van der Waals surface area contributed by atoms with Gasteiger partial charge in [0.15, 0.2) is 0 Å². The molecule has 1 aromatic carbocycles. The van der Waals surface area contributed by atoms with Gasteiger partial charge in [0.05, 0.1) is 18.3 Å². The minimum Gasteiger partial charge on any atom is -0.458 e. The topological polar surface area (TPSA) is 66.4 Å². The predicted octanol–water partition coefficient (Wildman–Crippen LogP) is 2.93. The third-order valence-corrected chi connectivity index (χ3v) is 4.66. The van der Waals surface area contributed by atoms with Gasteiger partial charge in [-0.1, -0.05) is 18.2 Å². The predicted molar refractivity (Wildman–Crippen MR) is 71.7 cm³/mol. The second-order valence-corrected chi connectivity index (χ2v) is 5.77. The zero-order valence-corrected chi connectivity index (χ0v) is 11.0. The van der Waals surface area contributed by atoms with Crippen molar-refractivity contribution in [3.63, 3.8) is 0 Å². The van der Waals surface area contributed by atoms with Crippen LogP contribution in [0.15, 0.2) is 34.7 Å². The largest absolute Gasteiger partial charge is 0.458 e. The second kappa shape index (κ2) is 4.08. The summed E-state index contributed by atoms with van der Waals surface area (Å²) in [6, 6.07) is 11.8. The molecule has 0 radical (unpaired) electrons. The first-order valence-corrected chi connectivity index (χ1v) is 6.96. The summed E-state index contributed by atoms with van der Waals surface area (Å²) in [4.78, 5) is 0. The highest BCUT2D eigenvalue weighted by atomic mass is 16.5. The third-order valence-electron chi connectivity index (χ3n) is 4.66. The molecule has 1 N–H and O–H groups in total. The fourth-order valence-electron chi connectivity index (χ4n) is 3.60. The van der Waals surface area contributed by atoms with Crippen LogP contribution >= 0.6 is 0 Å². The van der Waals surface area contributed by atoms with E-state index in [2.05, 4.69) is 6.07 Å². The molecule has 4 unspecified atom stereocenters. The minimum atomic E-state index is -0.935. The maximum atomic E-state index is 10.7.